The fourth-order valence-corrected chi connectivity index (χ4v) is 3.62. The first-order valence-corrected chi connectivity index (χ1v) is 8.34. The molecule has 1 N–H and O–H groups in total. The number of nitrogens with one attached hydrogen (secondary N) is 1. The van der Waals surface area contributed by atoms with Gasteiger partial charge in [0.1, 0.15) is 0 Å². The summed E-state index contributed by atoms with van der Waals surface area (Å²) in [5, 5.41) is 2.91. The molecule has 0 spiro atoms. The average molecular weight is 315 g/mol. The summed E-state index contributed by atoms with van der Waals surface area (Å²) in [5.74, 6) is 0.430. The van der Waals surface area contributed by atoms with Crippen LogP contribution in [0.1, 0.15) is 25.0 Å². The van der Waals surface area contributed by atoms with Crippen molar-refractivity contribution in [2.24, 2.45) is 11.8 Å². The van der Waals surface area contributed by atoms with Crippen LogP contribution in [0.15, 0.2) is 24.3 Å². The molecule has 2 aliphatic heterocycles. The zero-order valence-corrected chi connectivity index (χ0v) is 14.1. The lowest BCUT2D eigenvalue weighted by Gasteiger charge is -2.23. The van der Waals surface area contributed by atoms with Crippen molar-refractivity contribution in [3.05, 3.63) is 35.4 Å². The fourth-order valence-electron chi connectivity index (χ4n) is 3.62. The van der Waals surface area contributed by atoms with Crippen LogP contribution in [0.25, 0.3) is 0 Å². The summed E-state index contributed by atoms with van der Waals surface area (Å²) in [4.78, 5) is 28.5. The number of hydrogen-bond donors (Lipinski definition) is 1. The van der Waals surface area contributed by atoms with Crippen molar-refractivity contribution in [3.8, 4) is 0 Å². The van der Waals surface area contributed by atoms with Gasteiger partial charge in [0, 0.05) is 38.1 Å². The Labute approximate surface area is 137 Å². The minimum atomic E-state index is -0.0487. The van der Waals surface area contributed by atoms with Gasteiger partial charge < -0.3 is 15.1 Å². The van der Waals surface area contributed by atoms with E-state index in [9.17, 15) is 9.59 Å². The molecule has 0 aliphatic carbocycles. The normalized spacial score (nSPS) is 23.6. The zero-order chi connectivity index (χ0) is 16.6. The van der Waals surface area contributed by atoms with E-state index in [1.807, 2.05) is 24.8 Å². The van der Waals surface area contributed by atoms with Gasteiger partial charge in [-0.3, -0.25) is 4.79 Å². The Bertz CT molecular complexity index is 614. The van der Waals surface area contributed by atoms with Gasteiger partial charge in [-0.2, -0.15) is 0 Å². The molecule has 2 aliphatic rings. The maximum absolute atomic E-state index is 12.6. The van der Waals surface area contributed by atoms with Crippen LogP contribution in [0.3, 0.4) is 0 Å². The van der Waals surface area contributed by atoms with E-state index < -0.39 is 0 Å². The number of amides is 3. The van der Waals surface area contributed by atoms with E-state index in [0.717, 1.165) is 6.54 Å². The number of benzene rings is 1. The summed E-state index contributed by atoms with van der Waals surface area (Å²) >= 11 is 0. The summed E-state index contributed by atoms with van der Waals surface area (Å²) < 4.78 is 0. The van der Waals surface area contributed by atoms with Crippen LogP contribution in [0.2, 0.25) is 0 Å². The lowest BCUT2D eigenvalue weighted by molar-refractivity contribution is -0.131. The van der Waals surface area contributed by atoms with Crippen LogP contribution >= 0.6 is 0 Å². The summed E-state index contributed by atoms with van der Waals surface area (Å²) in [5.41, 5.74) is 2.39. The second kappa shape index (κ2) is 6.22. The lowest BCUT2D eigenvalue weighted by Crippen LogP contribution is -2.43. The fraction of sp³-hybridized carbons (Fsp3) is 0.556. The molecule has 0 unspecified atom stereocenters. The number of likely N-dealkylation sites (tertiary alicyclic amines) is 2. The standard InChI is InChI=1S/C18H25N3O2/c1-12(2)19-18(23)21-10-15-9-20(17(22)16(15)11-21)8-14-6-4-5-13(3)7-14/h4-7,12,15-16H,8-11H2,1-3H3,(H,19,23)/t15-,16+/m1/s1. The minimum Gasteiger partial charge on any atom is -0.338 e. The Morgan fingerprint density at radius 3 is 2.74 bits per heavy atom. The first-order chi connectivity index (χ1) is 10.9. The van der Waals surface area contributed by atoms with Gasteiger partial charge in [-0.1, -0.05) is 29.8 Å². The van der Waals surface area contributed by atoms with Crippen LogP contribution in [-0.2, 0) is 11.3 Å². The molecule has 2 fully saturated rings. The van der Waals surface area contributed by atoms with E-state index in [-0.39, 0.29) is 29.8 Å². The van der Waals surface area contributed by atoms with Crippen LogP contribution in [-0.4, -0.2) is 47.4 Å². The van der Waals surface area contributed by atoms with Crippen molar-refractivity contribution in [3.63, 3.8) is 0 Å². The predicted molar refractivity (Wildman–Crippen MR) is 88.8 cm³/mol. The van der Waals surface area contributed by atoms with E-state index in [2.05, 4.69) is 30.4 Å². The molecule has 3 amide bonds. The van der Waals surface area contributed by atoms with Crippen molar-refractivity contribution in [1.29, 1.82) is 0 Å². The average Bonchev–Trinajstić information content (AvgIpc) is 2.99. The summed E-state index contributed by atoms with van der Waals surface area (Å²) in [6, 6.07) is 8.36. The molecule has 0 saturated carbocycles. The van der Waals surface area contributed by atoms with Gasteiger partial charge in [0.15, 0.2) is 0 Å². The van der Waals surface area contributed by atoms with E-state index >= 15 is 0 Å². The topological polar surface area (TPSA) is 52.6 Å². The number of aryl methyl sites for hydroxylation is 1. The largest absolute Gasteiger partial charge is 0.338 e. The Hall–Kier alpha value is -2.04. The molecule has 1 aromatic rings. The van der Waals surface area contributed by atoms with Crippen molar-refractivity contribution >= 4 is 11.9 Å². The Balaban J connectivity index is 1.61. The molecule has 23 heavy (non-hydrogen) atoms. The molecule has 124 valence electrons. The number of urea groups is 1. The van der Waals surface area contributed by atoms with E-state index in [0.29, 0.717) is 19.6 Å². The number of carbonyl (C=O) groups is 2. The summed E-state index contributed by atoms with van der Waals surface area (Å²) in [7, 11) is 0. The van der Waals surface area contributed by atoms with E-state index in [1.54, 1.807) is 4.90 Å². The Morgan fingerprint density at radius 2 is 2.09 bits per heavy atom. The van der Waals surface area contributed by atoms with E-state index in [1.165, 1.54) is 11.1 Å². The first-order valence-electron chi connectivity index (χ1n) is 8.34. The van der Waals surface area contributed by atoms with Gasteiger partial charge in [0.2, 0.25) is 5.91 Å². The highest BCUT2D eigenvalue weighted by molar-refractivity contribution is 5.84. The third-order valence-corrected chi connectivity index (χ3v) is 4.68. The van der Waals surface area contributed by atoms with Crippen LogP contribution in [0.4, 0.5) is 4.79 Å². The smallest absolute Gasteiger partial charge is 0.317 e. The van der Waals surface area contributed by atoms with Crippen LogP contribution < -0.4 is 5.32 Å². The molecule has 3 rings (SSSR count). The highest BCUT2D eigenvalue weighted by Gasteiger charge is 2.47. The molecule has 2 heterocycles. The third kappa shape index (κ3) is 3.33. The lowest BCUT2D eigenvalue weighted by atomic mass is 10.0. The van der Waals surface area contributed by atoms with Crippen LogP contribution in [0, 0.1) is 18.8 Å². The minimum absolute atomic E-state index is 0.0299. The summed E-state index contributed by atoms with van der Waals surface area (Å²) in [6.07, 6.45) is 0. The Morgan fingerprint density at radius 1 is 1.30 bits per heavy atom. The molecule has 0 bridgehead atoms. The van der Waals surface area contributed by atoms with Gasteiger partial charge in [0.05, 0.1) is 5.92 Å². The third-order valence-electron chi connectivity index (χ3n) is 4.68. The molecular formula is C18H25N3O2. The second-order valence-electron chi connectivity index (χ2n) is 7.08. The quantitative estimate of drug-likeness (QED) is 0.927. The molecule has 1 aromatic carbocycles. The highest BCUT2D eigenvalue weighted by Crippen LogP contribution is 2.33. The number of fused-ring (bicyclic) bond motifs is 1. The maximum atomic E-state index is 12.6. The number of nitrogens with zero attached hydrogens (tertiary/aromatic N) is 2. The molecule has 5 nitrogen and oxygen atoms in total. The van der Waals surface area contributed by atoms with Crippen molar-refractivity contribution in [2.75, 3.05) is 19.6 Å². The van der Waals surface area contributed by atoms with Gasteiger partial charge in [-0.15, -0.1) is 0 Å². The highest BCUT2D eigenvalue weighted by atomic mass is 16.2. The van der Waals surface area contributed by atoms with Gasteiger partial charge >= 0.3 is 6.03 Å². The summed E-state index contributed by atoms with van der Waals surface area (Å²) in [6.45, 7) is 8.61. The Kier molecular flexibility index (Phi) is 4.28. The monoisotopic (exact) mass is 315 g/mol. The van der Waals surface area contributed by atoms with Gasteiger partial charge in [-0.05, 0) is 26.3 Å². The first kappa shape index (κ1) is 15.8. The second-order valence-corrected chi connectivity index (χ2v) is 7.08. The molecular weight excluding hydrogens is 290 g/mol. The molecule has 0 aromatic heterocycles. The molecule has 5 heteroatoms. The number of carbonyl (C=O) groups excluding carboxylic acids is 2. The van der Waals surface area contributed by atoms with Crippen molar-refractivity contribution in [2.45, 2.75) is 33.4 Å². The number of hydrogen-bond acceptors (Lipinski definition) is 2. The SMILES string of the molecule is Cc1cccc(CN2C[C@@H]3CN(C(=O)NC(C)C)C[C@@H]3C2=O)c1. The maximum Gasteiger partial charge on any atom is 0.317 e. The molecule has 2 saturated heterocycles. The van der Waals surface area contributed by atoms with Gasteiger partial charge in [0.25, 0.3) is 0 Å². The molecule has 2 atom stereocenters. The van der Waals surface area contributed by atoms with Crippen molar-refractivity contribution < 1.29 is 9.59 Å². The number of rotatable bonds is 3. The van der Waals surface area contributed by atoms with Crippen LogP contribution in [0.5, 0.6) is 0 Å². The van der Waals surface area contributed by atoms with Crippen molar-refractivity contribution in [1.82, 2.24) is 15.1 Å². The van der Waals surface area contributed by atoms with Gasteiger partial charge in [-0.25, -0.2) is 4.79 Å². The molecule has 0 radical (unpaired) electrons. The predicted octanol–water partition coefficient (Wildman–Crippen LogP) is 2.00. The van der Waals surface area contributed by atoms with E-state index in [4.69, 9.17) is 0 Å². The zero-order valence-electron chi connectivity index (χ0n) is 14.1.